The molecule has 0 aromatic heterocycles. The Morgan fingerprint density at radius 2 is 1.42 bits per heavy atom. The molecular formula is C27H25F2N3O4. The molecule has 0 aliphatic carbocycles. The first kappa shape index (κ1) is 25.1. The van der Waals surface area contributed by atoms with Crippen LogP contribution in [0.4, 0.5) is 8.78 Å². The maximum absolute atomic E-state index is 13.2. The second kappa shape index (κ2) is 11.2. The third-order valence-corrected chi connectivity index (χ3v) is 6.75. The highest BCUT2D eigenvalue weighted by molar-refractivity contribution is 5.47. The van der Waals surface area contributed by atoms with E-state index in [0.29, 0.717) is 5.56 Å². The van der Waals surface area contributed by atoms with Gasteiger partial charge in [0, 0.05) is 23.6 Å². The lowest BCUT2D eigenvalue weighted by atomic mass is 9.80. The zero-order valence-corrected chi connectivity index (χ0v) is 19.3. The highest BCUT2D eigenvalue weighted by atomic mass is 19.1. The molecule has 0 N–H and O–H groups in total. The first-order valence-corrected chi connectivity index (χ1v) is 11.6. The van der Waals surface area contributed by atoms with Gasteiger partial charge in [-0.25, -0.2) is 8.78 Å². The Balaban J connectivity index is 0.000000214. The molecule has 7 nitrogen and oxygen atoms in total. The SMILES string of the molecule is O=[N+]([O-])/C=C/c1ccc(F)cc1.O=[N+]([O-])C1C(c2ccc(F)cc2)C2CCC1N2Cc1ccccc1. The molecule has 2 aliphatic heterocycles. The lowest BCUT2D eigenvalue weighted by molar-refractivity contribution is -0.529. The van der Waals surface area contributed by atoms with Crippen molar-refractivity contribution in [2.75, 3.05) is 0 Å². The number of halogens is 2. The van der Waals surface area contributed by atoms with E-state index < -0.39 is 11.0 Å². The molecule has 0 amide bonds. The van der Waals surface area contributed by atoms with E-state index in [1.807, 2.05) is 18.2 Å². The number of hydrogen-bond donors (Lipinski definition) is 0. The van der Waals surface area contributed by atoms with Gasteiger partial charge in [-0.15, -0.1) is 0 Å². The van der Waals surface area contributed by atoms with Crippen molar-refractivity contribution in [3.8, 4) is 0 Å². The summed E-state index contributed by atoms with van der Waals surface area (Å²) in [6.45, 7) is 0.734. The van der Waals surface area contributed by atoms with Crippen LogP contribution in [0.2, 0.25) is 0 Å². The molecule has 2 heterocycles. The summed E-state index contributed by atoms with van der Waals surface area (Å²) in [4.78, 5) is 23.2. The molecule has 3 aromatic rings. The molecule has 0 saturated carbocycles. The van der Waals surface area contributed by atoms with Gasteiger partial charge in [-0.1, -0.05) is 54.6 Å². The molecule has 2 fully saturated rings. The summed E-state index contributed by atoms with van der Waals surface area (Å²) in [5.41, 5.74) is 2.66. The molecule has 9 heteroatoms. The average Bonchev–Trinajstić information content (AvgIpc) is 3.40. The summed E-state index contributed by atoms with van der Waals surface area (Å²) < 4.78 is 25.6. The second-order valence-electron chi connectivity index (χ2n) is 8.88. The average molecular weight is 494 g/mol. The minimum atomic E-state index is -0.613. The van der Waals surface area contributed by atoms with E-state index in [0.717, 1.165) is 31.1 Å². The highest BCUT2D eigenvalue weighted by Gasteiger charge is 2.59. The lowest BCUT2D eigenvalue weighted by Gasteiger charge is -2.24. The standard InChI is InChI=1S/C19H19FN2O2.C8H6FNO2/c20-15-8-6-14(7-9-15)18-16-10-11-17(19(18)22(23)24)21(16)12-13-4-2-1-3-5-13;9-8-3-1-7(2-4-8)5-6-10(11)12/h1-9,16-19H,10-12H2;1-6H/b;6-5+. The third-order valence-electron chi connectivity index (χ3n) is 6.75. The van der Waals surface area contributed by atoms with Gasteiger partial charge >= 0.3 is 0 Å². The van der Waals surface area contributed by atoms with E-state index in [2.05, 4.69) is 17.0 Å². The van der Waals surface area contributed by atoms with Crippen LogP contribution in [0.3, 0.4) is 0 Å². The fourth-order valence-corrected chi connectivity index (χ4v) is 5.26. The van der Waals surface area contributed by atoms with E-state index in [1.165, 1.54) is 48.0 Å². The van der Waals surface area contributed by atoms with Crippen LogP contribution in [-0.2, 0) is 6.54 Å². The van der Waals surface area contributed by atoms with E-state index >= 15 is 0 Å². The lowest BCUT2D eigenvalue weighted by Crippen LogP contribution is -2.38. The Morgan fingerprint density at radius 3 is 2.00 bits per heavy atom. The molecule has 0 spiro atoms. The van der Waals surface area contributed by atoms with Crippen LogP contribution in [-0.4, -0.2) is 32.9 Å². The van der Waals surface area contributed by atoms with Crippen molar-refractivity contribution >= 4 is 6.08 Å². The topological polar surface area (TPSA) is 89.5 Å². The quantitative estimate of drug-likeness (QED) is 0.326. The fourth-order valence-electron chi connectivity index (χ4n) is 5.26. The van der Waals surface area contributed by atoms with Crippen LogP contribution in [0.1, 0.15) is 35.4 Å². The van der Waals surface area contributed by atoms with Crippen LogP contribution in [0, 0.1) is 31.9 Å². The Labute approximate surface area is 207 Å². The normalized spacial score (nSPS) is 22.8. The van der Waals surface area contributed by atoms with Crippen molar-refractivity contribution < 1.29 is 18.6 Å². The molecule has 4 unspecified atom stereocenters. The maximum atomic E-state index is 13.2. The summed E-state index contributed by atoms with van der Waals surface area (Å²) in [6.07, 6.45) is 3.94. The summed E-state index contributed by atoms with van der Waals surface area (Å²) in [5.74, 6) is -0.822. The van der Waals surface area contributed by atoms with Crippen LogP contribution < -0.4 is 0 Å². The predicted molar refractivity (Wildman–Crippen MR) is 131 cm³/mol. The van der Waals surface area contributed by atoms with E-state index in [-0.39, 0.29) is 34.6 Å². The number of nitrogens with zero attached hydrogens (tertiary/aromatic N) is 3. The number of fused-ring (bicyclic) bond motifs is 2. The molecule has 4 atom stereocenters. The molecule has 5 rings (SSSR count). The largest absolute Gasteiger partial charge is 0.286 e. The number of nitro groups is 2. The minimum absolute atomic E-state index is 0.0414. The van der Waals surface area contributed by atoms with Crippen molar-refractivity contribution in [2.45, 2.75) is 43.4 Å². The third kappa shape index (κ3) is 5.80. The Hall–Kier alpha value is -3.98. The maximum Gasteiger partial charge on any atom is 0.236 e. The number of rotatable bonds is 6. The minimum Gasteiger partial charge on any atom is -0.286 e. The number of benzene rings is 3. The van der Waals surface area contributed by atoms with E-state index in [9.17, 15) is 29.0 Å². The Kier molecular flexibility index (Phi) is 7.80. The molecule has 2 aliphatic rings. The monoisotopic (exact) mass is 493 g/mol. The van der Waals surface area contributed by atoms with Crippen LogP contribution in [0.5, 0.6) is 0 Å². The molecule has 186 valence electrons. The van der Waals surface area contributed by atoms with E-state index in [1.54, 1.807) is 12.1 Å². The van der Waals surface area contributed by atoms with Gasteiger partial charge in [0.1, 0.15) is 11.6 Å². The van der Waals surface area contributed by atoms with Gasteiger partial charge in [0.2, 0.25) is 12.2 Å². The van der Waals surface area contributed by atoms with Crippen molar-refractivity contribution in [1.29, 1.82) is 0 Å². The van der Waals surface area contributed by atoms with Gasteiger partial charge in [-0.2, -0.15) is 0 Å². The van der Waals surface area contributed by atoms with Crippen molar-refractivity contribution in [3.63, 3.8) is 0 Å². The molecule has 36 heavy (non-hydrogen) atoms. The van der Waals surface area contributed by atoms with Gasteiger partial charge in [-0.05, 0) is 53.8 Å². The first-order chi connectivity index (χ1) is 17.3. The van der Waals surface area contributed by atoms with Crippen molar-refractivity contribution in [1.82, 2.24) is 4.90 Å². The van der Waals surface area contributed by atoms with Gasteiger partial charge in [-0.3, -0.25) is 25.1 Å². The predicted octanol–water partition coefficient (Wildman–Crippen LogP) is 5.67. The molecule has 2 saturated heterocycles. The van der Waals surface area contributed by atoms with Gasteiger partial charge < -0.3 is 0 Å². The molecular weight excluding hydrogens is 468 g/mol. The fraction of sp³-hybridized carbons (Fsp3) is 0.259. The van der Waals surface area contributed by atoms with Gasteiger partial charge in [0.25, 0.3) is 0 Å². The van der Waals surface area contributed by atoms with Crippen molar-refractivity contribution in [2.24, 2.45) is 0 Å². The smallest absolute Gasteiger partial charge is 0.236 e. The summed E-state index contributed by atoms with van der Waals surface area (Å²) in [6, 6.07) is 21.2. The first-order valence-electron chi connectivity index (χ1n) is 11.6. The Bertz CT molecular complexity index is 1220. The van der Waals surface area contributed by atoms with E-state index in [4.69, 9.17) is 0 Å². The zero-order valence-electron chi connectivity index (χ0n) is 19.3. The molecule has 2 bridgehead atoms. The summed E-state index contributed by atoms with van der Waals surface area (Å²) >= 11 is 0. The zero-order chi connectivity index (χ0) is 25.7. The second-order valence-corrected chi connectivity index (χ2v) is 8.88. The van der Waals surface area contributed by atoms with Crippen LogP contribution in [0.15, 0.2) is 85.1 Å². The summed E-state index contributed by atoms with van der Waals surface area (Å²) in [5, 5.41) is 21.6. The van der Waals surface area contributed by atoms with Crippen LogP contribution >= 0.6 is 0 Å². The molecule has 0 radical (unpaired) electrons. The van der Waals surface area contributed by atoms with Gasteiger partial charge in [0.05, 0.1) is 16.9 Å². The summed E-state index contributed by atoms with van der Waals surface area (Å²) in [7, 11) is 0. The number of hydrogen-bond acceptors (Lipinski definition) is 5. The molecule has 3 aromatic carbocycles. The van der Waals surface area contributed by atoms with Crippen molar-refractivity contribution in [3.05, 3.63) is 134 Å². The van der Waals surface area contributed by atoms with Crippen LogP contribution in [0.25, 0.3) is 6.08 Å². The Morgan fingerprint density at radius 1 is 0.833 bits per heavy atom. The highest BCUT2D eigenvalue weighted by Crippen LogP contribution is 2.48. The van der Waals surface area contributed by atoms with Gasteiger partial charge in [0.15, 0.2) is 0 Å².